The summed E-state index contributed by atoms with van der Waals surface area (Å²) >= 11 is 1.30. The number of methoxy groups -OCH3 is 1. The van der Waals surface area contributed by atoms with E-state index in [0.717, 1.165) is 11.1 Å². The molecule has 0 fully saturated rings. The fourth-order valence-corrected chi connectivity index (χ4v) is 4.99. The van der Waals surface area contributed by atoms with E-state index in [9.17, 15) is 9.59 Å². The van der Waals surface area contributed by atoms with E-state index in [1.54, 1.807) is 10.6 Å². The molecule has 0 aliphatic carbocycles. The van der Waals surface area contributed by atoms with Crippen molar-refractivity contribution < 1.29 is 19.0 Å². The van der Waals surface area contributed by atoms with Gasteiger partial charge in [-0.05, 0) is 35.8 Å². The third-order valence-corrected chi connectivity index (χ3v) is 6.44. The molecule has 0 bridgehead atoms. The van der Waals surface area contributed by atoms with Crippen LogP contribution in [0.1, 0.15) is 30.5 Å². The summed E-state index contributed by atoms with van der Waals surface area (Å²) < 4.78 is 18.0. The fraction of sp³-hybridized carbons (Fsp3) is 0.208. The zero-order chi connectivity index (χ0) is 22.2. The molecule has 32 heavy (non-hydrogen) atoms. The van der Waals surface area contributed by atoms with Gasteiger partial charge in [0.15, 0.2) is 16.3 Å². The summed E-state index contributed by atoms with van der Waals surface area (Å²) in [6.07, 6.45) is 2.35. The molecule has 8 heteroatoms. The number of carbonyl (C=O) groups is 1. The topological polar surface area (TPSA) is 79.1 Å². The Morgan fingerprint density at radius 1 is 1.22 bits per heavy atom. The average molecular weight is 449 g/mol. The third kappa shape index (κ3) is 3.33. The van der Waals surface area contributed by atoms with Crippen LogP contribution in [0, 0.1) is 0 Å². The van der Waals surface area contributed by atoms with Crippen molar-refractivity contribution in [1.29, 1.82) is 0 Å². The van der Waals surface area contributed by atoms with Gasteiger partial charge in [0.1, 0.15) is 0 Å². The summed E-state index contributed by atoms with van der Waals surface area (Å²) in [7, 11) is 1.34. The predicted molar refractivity (Wildman–Crippen MR) is 119 cm³/mol. The van der Waals surface area contributed by atoms with Crippen LogP contribution >= 0.6 is 11.3 Å². The number of fused-ring (bicyclic) bond motifs is 2. The molecule has 1 atom stereocenters. The van der Waals surface area contributed by atoms with E-state index in [2.05, 4.69) is 4.99 Å². The molecule has 7 nitrogen and oxygen atoms in total. The number of hydrogen-bond acceptors (Lipinski definition) is 7. The minimum absolute atomic E-state index is 0.189. The van der Waals surface area contributed by atoms with Gasteiger partial charge in [-0.15, -0.1) is 0 Å². The SMILES string of the molecule is CCC1=C(C(=O)OC)[C@@H](c2ccccc2)n2c(s/c(=C\c3ccc4c(c3)OCO4)c2=O)=N1. The van der Waals surface area contributed by atoms with E-state index in [-0.39, 0.29) is 12.4 Å². The lowest BCUT2D eigenvalue weighted by molar-refractivity contribution is -0.136. The van der Waals surface area contributed by atoms with E-state index >= 15 is 0 Å². The van der Waals surface area contributed by atoms with Crippen molar-refractivity contribution in [3.8, 4) is 11.5 Å². The first kappa shape index (κ1) is 20.3. The molecular formula is C24H20N2O5S. The second kappa shape index (κ2) is 8.12. The Hall–Kier alpha value is -3.65. The maximum atomic E-state index is 13.5. The molecule has 2 aliphatic rings. The number of ether oxygens (including phenoxy) is 3. The summed E-state index contributed by atoms with van der Waals surface area (Å²) in [6.45, 7) is 2.12. The largest absolute Gasteiger partial charge is 0.466 e. The highest BCUT2D eigenvalue weighted by atomic mass is 32.1. The molecule has 3 aromatic rings. The van der Waals surface area contributed by atoms with Crippen LogP contribution < -0.4 is 24.4 Å². The van der Waals surface area contributed by atoms with Crippen LogP contribution in [0.5, 0.6) is 11.5 Å². The number of allylic oxidation sites excluding steroid dienone is 1. The van der Waals surface area contributed by atoms with Crippen LogP contribution in [0.15, 0.2) is 69.6 Å². The van der Waals surface area contributed by atoms with Gasteiger partial charge in [0.25, 0.3) is 5.56 Å². The minimum Gasteiger partial charge on any atom is -0.466 e. The van der Waals surface area contributed by atoms with Gasteiger partial charge in [-0.1, -0.05) is 54.7 Å². The maximum absolute atomic E-state index is 13.5. The molecule has 0 amide bonds. The Bertz CT molecular complexity index is 1420. The Morgan fingerprint density at radius 3 is 2.75 bits per heavy atom. The van der Waals surface area contributed by atoms with E-state index in [0.29, 0.717) is 38.5 Å². The summed E-state index contributed by atoms with van der Waals surface area (Å²) in [5, 5.41) is 0. The number of rotatable bonds is 4. The highest BCUT2D eigenvalue weighted by molar-refractivity contribution is 7.07. The van der Waals surface area contributed by atoms with Gasteiger partial charge in [0.2, 0.25) is 6.79 Å². The van der Waals surface area contributed by atoms with Crippen molar-refractivity contribution in [1.82, 2.24) is 4.57 Å². The Kier molecular flexibility index (Phi) is 5.14. The number of nitrogens with zero attached hydrogens (tertiary/aromatic N) is 2. The van der Waals surface area contributed by atoms with Crippen molar-refractivity contribution in [2.45, 2.75) is 19.4 Å². The number of thiazole rings is 1. The fourth-order valence-electron chi connectivity index (χ4n) is 3.97. The lowest BCUT2D eigenvalue weighted by Crippen LogP contribution is -2.40. The lowest BCUT2D eigenvalue weighted by Gasteiger charge is -2.25. The molecule has 0 saturated carbocycles. The summed E-state index contributed by atoms with van der Waals surface area (Å²) in [6, 6.07) is 14.4. The zero-order valence-electron chi connectivity index (χ0n) is 17.5. The molecule has 0 N–H and O–H groups in total. The van der Waals surface area contributed by atoms with Gasteiger partial charge >= 0.3 is 5.97 Å². The number of hydrogen-bond donors (Lipinski definition) is 0. The van der Waals surface area contributed by atoms with Crippen LogP contribution in [0.4, 0.5) is 0 Å². The number of esters is 1. The second-order valence-electron chi connectivity index (χ2n) is 7.31. The van der Waals surface area contributed by atoms with E-state index in [1.807, 2.05) is 55.5 Å². The number of carbonyl (C=O) groups excluding carboxylic acids is 1. The van der Waals surface area contributed by atoms with Crippen molar-refractivity contribution in [3.63, 3.8) is 0 Å². The quantitative estimate of drug-likeness (QED) is 0.573. The van der Waals surface area contributed by atoms with Gasteiger partial charge in [-0.3, -0.25) is 9.36 Å². The monoisotopic (exact) mass is 448 g/mol. The summed E-state index contributed by atoms with van der Waals surface area (Å²) in [5.74, 6) is 0.849. The van der Waals surface area contributed by atoms with Gasteiger partial charge in [-0.2, -0.15) is 0 Å². The highest BCUT2D eigenvalue weighted by Gasteiger charge is 2.33. The Balaban J connectivity index is 1.73. The number of benzene rings is 2. The minimum atomic E-state index is -0.603. The first-order valence-electron chi connectivity index (χ1n) is 10.2. The summed E-state index contributed by atoms with van der Waals surface area (Å²) in [4.78, 5) is 31.5. The van der Waals surface area contributed by atoms with Crippen molar-refractivity contribution in [2.24, 2.45) is 4.99 Å². The van der Waals surface area contributed by atoms with Gasteiger partial charge in [0.05, 0.1) is 29.0 Å². The van der Waals surface area contributed by atoms with Crippen molar-refractivity contribution in [2.75, 3.05) is 13.9 Å². The van der Waals surface area contributed by atoms with Crippen LogP contribution in [-0.4, -0.2) is 24.4 Å². The van der Waals surface area contributed by atoms with Crippen LogP contribution in [0.3, 0.4) is 0 Å². The standard InChI is InChI=1S/C24H20N2O5S/c1-3-16-20(23(28)29-2)21(15-7-5-4-6-8-15)26-22(27)19(32-24(26)25-16)12-14-9-10-17-18(11-14)31-13-30-17/h4-12,21H,3,13H2,1-2H3/b19-12-/t21-/m1/s1. The maximum Gasteiger partial charge on any atom is 0.338 e. The molecule has 2 aliphatic heterocycles. The van der Waals surface area contributed by atoms with Crippen LogP contribution in [0.25, 0.3) is 6.08 Å². The van der Waals surface area contributed by atoms with Gasteiger partial charge < -0.3 is 14.2 Å². The zero-order valence-corrected chi connectivity index (χ0v) is 18.3. The van der Waals surface area contributed by atoms with Crippen molar-refractivity contribution in [3.05, 3.63) is 90.6 Å². The Labute approximate surface area is 187 Å². The molecule has 1 aromatic heterocycles. The molecule has 0 radical (unpaired) electrons. The first-order valence-corrected chi connectivity index (χ1v) is 11.0. The molecule has 3 heterocycles. The predicted octanol–water partition coefficient (Wildman–Crippen LogP) is 2.53. The lowest BCUT2D eigenvalue weighted by atomic mass is 9.95. The highest BCUT2D eigenvalue weighted by Crippen LogP contribution is 2.33. The van der Waals surface area contributed by atoms with E-state index in [1.165, 1.54) is 18.4 Å². The Morgan fingerprint density at radius 2 is 2.00 bits per heavy atom. The molecule has 5 rings (SSSR count). The first-order chi connectivity index (χ1) is 15.6. The normalized spacial score (nSPS) is 17.2. The molecule has 0 saturated heterocycles. The van der Waals surface area contributed by atoms with Crippen LogP contribution in [0.2, 0.25) is 0 Å². The molecule has 162 valence electrons. The molecule has 0 spiro atoms. The molecule has 2 aromatic carbocycles. The molecular weight excluding hydrogens is 428 g/mol. The van der Waals surface area contributed by atoms with Gasteiger partial charge in [0, 0.05) is 0 Å². The van der Waals surface area contributed by atoms with E-state index in [4.69, 9.17) is 14.2 Å². The smallest absolute Gasteiger partial charge is 0.338 e. The number of aromatic nitrogens is 1. The van der Waals surface area contributed by atoms with E-state index < -0.39 is 12.0 Å². The summed E-state index contributed by atoms with van der Waals surface area (Å²) in [5.41, 5.74) is 2.45. The van der Waals surface area contributed by atoms with Crippen molar-refractivity contribution >= 4 is 23.4 Å². The second-order valence-corrected chi connectivity index (χ2v) is 8.32. The third-order valence-electron chi connectivity index (χ3n) is 5.46. The van der Waals surface area contributed by atoms with Gasteiger partial charge in [-0.25, -0.2) is 9.79 Å². The average Bonchev–Trinajstić information content (AvgIpc) is 3.42. The molecule has 0 unspecified atom stereocenters. The van der Waals surface area contributed by atoms with Crippen LogP contribution in [-0.2, 0) is 9.53 Å².